The molecule has 0 atom stereocenters. The lowest BCUT2D eigenvalue weighted by Gasteiger charge is -2.15. The van der Waals surface area contributed by atoms with Crippen molar-refractivity contribution in [1.82, 2.24) is 0 Å². The summed E-state index contributed by atoms with van der Waals surface area (Å²) in [6.07, 6.45) is 0. The zero-order valence-corrected chi connectivity index (χ0v) is 9.38. The van der Waals surface area contributed by atoms with Crippen LogP contribution in [-0.4, -0.2) is 5.97 Å². The van der Waals surface area contributed by atoms with Crippen LogP contribution in [0, 0.1) is 12.3 Å². The van der Waals surface area contributed by atoms with Gasteiger partial charge in [0.05, 0.1) is 5.41 Å². The zero-order chi connectivity index (χ0) is 11.2. The number of ether oxygens (including phenoxy) is 1. The number of rotatable bonds is 1. The summed E-state index contributed by atoms with van der Waals surface area (Å²) in [4.78, 5) is 11.6. The van der Waals surface area contributed by atoms with E-state index in [-0.39, 0.29) is 5.97 Å². The Labute approximate surface area is 88.4 Å². The summed E-state index contributed by atoms with van der Waals surface area (Å²) in [5.41, 5.74) is 1.93. The van der Waals surface area contributed by atoms with Gasteiger partial charge >= 0.3 is 5.97 Å². The van der Waals surface area contributed by atoms with E-state index < -0.39 is 5.41 Å². The highest BCUT2D eigenvalue weighted by Gasteiger charge is 2.25. The van der Waals surface area contributed by atoms with Gasteiger partial charge in [-0.15, -0.1) is 0 Å². The van der Waals surface area contributed by atoms with E-state index in [9.17, 15) is 4.79 Å². The number of esters is 1. The Morgan fingerprint density at radius 2 is 2.00 bits per heavy atom. The van der Waals surface area contributed by atoms with Gasteiger partial charge in [0, 0.05) is 6.07 Å². The third kappa shape index (κ3) is 1.69. The molecule has 2 bridgehead atoms. The number of hydrogen-bond donors (Lipinski definition) is 0. The van der Waals surface area contributed by atoms with Crippen molar-refractivity contribution in [2.45, 2.75) is 27.7 Å². The van der Waals surface area contributed by atoms with Crippen LogP contribution in [0.25, 0.3) is 11.2 Å². The summed E-state index contributed by atoms with van der Waals surface area (Å²) in [5, 5.41) is 0. The van der Waals surface area contributed by atoms with Crippen LogP contribution in [0.4, 0.5) is 0 Å². The molecule has 15 heavy (non-hydrogen) atoms. The normalized spacial score (nSPS) is 12.3. The Kier molecular flexibility index (Phi) is 2.00. The molecule has 0 saturated carbocycles. The fraction of sp³-hybridized carbons (Fsp3) is 0.417. The highest BCUT2D eigenvalue weighted by Crippen LogP contribution is 2.33. The maximum Gasteiger partial charge on any atom is 0.316 e. The number of fused-ring (bicyclic) bond motifs is 2. The smallest absolute Gasteiger partial charge is 0.316 e. The quantitative estimate of drug-likeness (QED) is 0.531. The second-order valence-electron chi connectivity index (χ2n) is 4.81. The van der Waals surface area contributed by atoms with Gasteiger partial charge < -0.3 is 9.15 Å². The van der Waals surface area contributed by atoms with Gasteiger partial charge in [0.25, 0.3) is 0 Å². The molecule has 0 aliphatic rings. The Morgan fingerprint density at radius 1 is 1.33 bits per heavy atom. The van der Waals surface area contributed by atoms with E-state index in [4.69, 9.17) is 9.15 Å². The van der Waals surface area contributed by atoms with Gasteiger partial charge in [0.15, 0.2) is 11.3 Å². The number of furan rings is 2. The third-order valence-corrected chi connectivity index (χ3v) is 2.25. The molecule has 0 aromatic carbocycles. The molecule has 0 N–H and O–H groups in total. The van der Waals surface area contributed by atoms with Gasteiger partial charge in [-0.1, -0.05) is 0 Å². The van der Waals surface area contributed by atoms with Gasteiger partial charge in [0.1, 0.15) is 5.58 Å². The van der Waals surface area contributed by atoms with Gasteiger partial charge in [0.2, 0.25) is 0 Å². The third-order valence-electron chi connectivity index (χ3n) is 2.25. The van der Waals surface area contributed by atoms with Crippen molar-refractivity contribution < 1.29 is 13.9 Å². The van der Waals surface area contributed by atoms with E-state index in [1.54, 1.807) is 6.07 Å². The van der Waals surface area contributed by atoms with E-state index in [1.807, 2.05) is 33.8 Å². The summed E-state index contributed by atoms with van der Waals surface area (Å²) >= 11 is 0. The first kappa shape index (κ1) is 10.0. The van der Waals surface area contributed by atoms with E-state index >= 15 is 0 Å². The van der Waals surface area contributed by atoms with Gasteiger partial charge in [-0.2, -0.15) is 0 Å². The maximum atomic E-state index is 11.6. The van der Waals surface area contributed by atoms with Crippen LogP contribution in [0.15, 0.2) is 16.5 Å². The number of carbonyl (C=O) groups excluding carboxylic acids is 1. The molecule has 0 aliphatic heterocycles. The molecule has 3 heteroatoms. The first-order valence-corrected chi connectivity index (χ1v) is 4.93. The van der Waals surface area contributed by atoms with Crippen molar-refractivity contribution in [3.8, 4) is 5.75 Å². The first-order valence-electron chi connectivity index (χ1n) is 4.93. The lowest BCUT2D eigenvalue weighted by Crippen LogP contribution is -2.25. The molecule has 2 rings (SSSR count). The van der Waals surface area contributed by atoms with Gasteiger partial charge in [-0.3, -0.25) is 4.79 Å². The molecule has 0 amide bonds. The number of carbonyl (C=O) groups is 1. The van der Waals surface area contributed by atoms with E-state index in [0.717, 1.165) is 11.1 Å². The average Bonchev–Trinajstić information content (AvgIpc) is 2.60. The van der Waals surface area contributed by atoms with E-state index in [1.165, 1.54) is 0 Å². The molecular weight excluding hydrogens is 192 g/mol. The molecule has 2 heterocycles. The van der Waals surface area contributed by atoms with Crippen molar-refractivity contribution in [1.29, 1.82) is 0 Å². The maximum absolute atomic E-state index is 11.6. The highest BCUT2D eigenvalue weighted by atomic mass is 16.5. The zero-order valence-electron chi connectivity index (χ0n) is 9.38. The summed E-state index contributed by atoms with van der Waals surface area (Å²) in [5.74, 6) is 0.288. The number of aryl methyl sites for hydroxylation is 1. The fourth-order valence-corrected chi connectivity index (χ4v) is 1.35. The van der Waals surface area contributed by atoms with Crippen LogP contribution in [0.1, 0.15) is 26.3 Å². The van der Waals surface area contributed by atoms with Crippen molar-refractivity contribution in [2.24, 2.45) is 5.41 Å². The largest absolute Gasteiger partial charge is 0.453 e. The lowest BCUT2D eigenvalue weighted by atomic mass is 9.97. The highest BCUT2D eigenvalue weighted by molar-refractivity contribution is 5.83. The topological polar surface area (TPSA) is 39.4 Å². The molecule has 0 saturated heterocycles. The van der Waals surface area contributed by atoms with Crippen LogP contribution in [-0.2, 0) is 4.79 Å². The minimum atomic E-state index is -0.495. The molecule has 0 spiro atoms. The molecular formula is C12H14O3. The molecule has 0 aliphatic carbocycles. The predicted molar refractivity (Wildman–Crippen MR) is 57.2 cm³/mol. The van der Waals surface area contributed by atoms with Crippen LogP contribution < -0.4 is 4.74 Å². The molecule has 0 fully saturated rings. The van der Waals surface area contributed by atoms with Crippen molar-refractivity contribution >= 4 is 17.1 Å². The second-order valence-corrected chi connectivity index (χ2v) is 4.81. The SMILES string of the molecule is Cc1cc2cc(OC(=O)C(C)(C)C)c1o2. The summed E-state index contributed by atoms with van der Waals surface area (Å²) in [6.45, 7) is 7.40. The Balaban J connectivity index is 2.26. The standard InChI is InChI=1S/C12H14O3/c1-7-5-8-6-9(10(7)14-8)15-11(13)12(2,3)4/h5-6H,1-4H3. The number of benzene rings is 1. The predicted octanol–water partition coefficient (Wildman–Crippen LogP) is 3.13. The lowest BCUT2D eigenvalue weighted by molar-refractivity contribution is -0.142. The van der Waals surface area contributed by atoms with Gasteiger partial charge in [-0.25, -0.2) is 0 Å². The van der Waals surface area contributed by atoms with E-state index in [2.05, 4.69) is 0 Å². The monoisotopic (exact) mass is 206 g/mol. The first-order chi connectivity index (χ1) is 6.88. The van der Waals surface area contributed by atoms with Crippen molar-refractivity contribution in [3.63, 3.8) is 0 Å². The van der Waals surface area contributed by atoms with Crippen LogP contribution >= 0.6 is 0 Å². The molecule has 0 radical (unpaired) electrons. The molecule has 0 unspecified atom stereocenters. The fourth-order valence-electron chi connectivity index (χ4n) is 1.35. The average molecular weight is 206 g/mol. The second kappa shape index (κ2) is 2.99. The Morgan fingerprint density at radius 3 is 2.47 bits per heavy atom. The molecule has 2 aromatic rings. The molecule has 80 valence electrons. The van der Waals surface area contributed by atoms with E-state index in [0.29, 0.717) is 11.3 Å². The van der Waals surface area contributed by atoms with Crippen LogP contribution in [0.2, 0.25) is 0 Å². The molecule has 2 aromatic heterocycles. The summed E-state index contributed by atoms with van der Waals surface area (Å²) in [6, 6.07) is 3.66. The van der Waals surface area contributed by atoms with Crippen molar-refractivity contribution in [2.75, 3.05) is 0 Å². The van der Waals surface area contributed by atoms with Gasteiger partial charge in [-0.05, 0) is 39.3 Å². The Bertz CT molecular complexity index is 488. The van der Waals surface area contributed by atoms with Crippen LogP contribution in [0.3, 0.4) is 0 Å². The minimum absolute atomic E-state index is 0.245. The Hall–Kier alpha value is -1.51. The summed E-state index contributed by atoms with van der Waals surface area (Å²) < 4.78 is 10.7. The number of hydrogen-bond acceptors (Lipinski definition) is 3. The minimum Gasteiger partial charge on any atom is -0.453 e. The van der Waals surface area contributed by atoms with Crippen LogP contribution in [0.5, 0.6) is 5.75 Å². The summed E-state index contributed by atoms with van der Waals surface area (Å²) in [7, 11) is 0. The molecule has 3 nitrogen and oxygen atoms in total. The van der Waals surface area contributed by atoms with Crippen molar-refractivity contribution in [3.05, 3.63) is 17.7 Å².